The Morgan fingerprint density at radius 2 is 2.50 bits per heavy atom. The Bertz CT molecular complexity index is 213. The van der Waals surface area contributed by atoms with Crippen molar-refractivity contribution in [2.45, 2.75) is 38.3 Å². The maximum atomic E-state index is 3.59. The predicted molar refractivity (Wildman–Crippen MR) is 40.8 cm³/mol. The highest BCUT2D eigenvalue weighted by Crippen LogP contribution is 2.65. The van der Waals surface area contributed by atoms with E-state index in [0.29, 0.717) is 0 Å². The fourth-order valence-electron chi connectivity index (χ4n) is 3.06. The van der Waals surface area contributed by atoms with Crippen LogP contribution in [0.5, 0.6) is 0 Å². The molecule has 3 fully saturated rings. The summed E-state index contributed by atoms with van der Waals surface area (Å²) in [5, 5.41) is 3.59. The number of nitrogens with one attached hydrogen (secondary N) is 1. The summed E-state index contributed by atoms with van der Waals surface area (Å²) in [5.74, 6) is 0. The van der Waals surface area contributed by atoms with Crippen molar-refractivity contribution in [3.63, 3.8) is 0 Å². The molecule has 1 saturated heterocycles. The summed E-state index contributed by atoms with van der Waals surface area (Å²) in [5.41, 5.74) is 2.46. The van der Waals surface area contributed by atoms with Crippen molar-refractivity contribution in [2.75, 3.05) is 0 Å². The topological polar surface area (TPSA) is 12.0 Å². The van der Waals surface area contributed by atoms with E-state index >= 15 is 0 Å². The van der Waals surface area contributed by atoms with Gasteiger partial charge in [-0.25, -0.2) is 0 Å². The van der Waals surface area contributed by atoms with Crippen LogP contribution in [-0.2, 0) is 0 Å². The van der Waals surface area contributed by atoms with E-state index in [0.717, 1.165) is 17.5 Å². The van der Waals surface area contributed by atoms with Gasteiger partial charge in [0.2, 0.25) is 0 Å². The molecular formula is C9H13N. The second kappa shape index (κ2) is 1.33. The molecule has 0 amide bonds. The maximum absolute atomic E-state index is 3.59. The quantitative estimate of drug-likeness (QED) is 0.496. The first kappa shape index (κ1) is 5.36. The molecule has 1 aliphatic heterocycles. The minimum atomic E-state index is 0.717. The van der Waals surface area contributed by atoms with E-state index in [1.165, 1.54) is 19.3 Å². The normalized spacial score (nSPS) is 59.5. The minimum Gasteiger partial charge on any atom is -0.309 e. The molecule has 1 heteroatoms. The molecule has 10 heavy (non-hydrogen) atoms. The Kier molecular flexibility index (Phi) is 0.713. The minimum absolute atomic E-state index is 0.717. The lowest BCUT2D eigenvalue weighted by Gasteiger charge is -2.73. The largest absolute Gasteiger partial charge is 0.309 e. The van der Waals surface area contributed by atoms with Gasteiger partial charge in [0.25, 0.3) is 0 Å². The van der Waals surface area contributed by atoms with Crippen molar-refractivity contribution in [3.8, 4) is 0 Å². The van der Waals surface area contributed by atoms with Crippen LogP contribution >= 0.6 is 0 Å². The Hall–Kier alpha value is -0.300. The standard InChI is InChI=1S/C9H13N/c1-2-6-5-8-9(6)4-3-7(9)10-8/h2,7-8,10H,3-5H2,1H3/b6-2-. The van der Waals surface area contributed by atoms with E-state index in [-0.39, 0.29) is 0 Å². The number of hydrogen-bond donors (Lipinski definition) is 1. The molecule has 3 rings (SSSR count). The Labute approximate surface area is 61.5 Å². The molecule has 1 N–H and O–H groups in total. The molecule has 54 valence electrons. The molecule has 3 atom stereocenters. The average Bonchev–Trinajstić information content (AvgIpc) is 1.85. The summed E-state index contributed by atoms with van der Waals surface area (Å²) >= 11 is 0. The summed E-state index contributed by atoms with van der Waals surface area (Å²) < 4.78 is 0. The SMILES string of the molecule is C/C=C1/CC2NC3CCC132. The third-order valence-electron chi connectivity index (χ3n) is 3.86. The van der Waals surface area contributed by atoms with Crippen LogP contribution in [0.2, 0.25) is 0 Å². The summed E-state index contributed by atoms with van der Waals surface area (Å²) in [7, 11) is 0. The molecule has 2 saturated carbocycles. The molecule has 2 aliphatic carbocycles. The van der Waals surface area contributed by atoms with Crippen molar-refractivity contribution in [2.24, 2.45) is 5.41 Å². The lowest BCUT2D eigenvalue weighted by Crippen LogP contribution is -2.81. The summed E-state index contributed by atoms with van der Waals surface area (Å²) in [4.78, 5) is 0. The fourth-order valence-corrected chi connectivity index (χ4v) is 3.06. The lowest BCUT2D eigenvalue weighted by molar-refractivity contribution is -0.0964. The first-order valence-electron chi connectivity index (χ1n) is 4.29. The molecule has 0 aromatic heterocycles. The number of rotatable bonds is 0. The van der Waals surface area contributed by atoms with Crippen LogP contribution in [0.1, 0.15) is 26.2 Å². The highest BCUT2D eigenvalue weighted by molar-refractivity contribution is 5.42. The molecule has 1 spiro atoms. The fraction of sp³-hybridized carbons (Fsp3) is 0.778. The van der Waals surface area contributed by atoms with E-state index in [4.69, 9.17) is 0 Å². The molecule has 0 bridgehead atoms. The third-order valence-corrected chi connectivity index (χ3v) is 3.86. The van der Waals surface area contributed by atoms with E-state index in [9.17, 15) is 0 Å². The van der Waals surface area contributed by atoms with Crippen LogP contribution < -0.4 is 5.32 Å². The molecular weight excluding hydrogens is 122 g/mol. The van der Waals surface area contributed by atoms with Crippen molar-refractivity contribution in [1.29, 1.82) is 0 Å². The molecule has 3 aliphatic rings. The molecule has 0 radical (unpaired) electrons. The average molecular weight is 135 g/mol. The predicted octanol–water partition coefficient (Wildman–Crippen LogP) is 1.46. The summed E-state index contributed by atoms with van der Waals surface area (Å²) in [6, 6.07) is 1.77. The van der Waals surface area contributed by atoms with Crippen LogP contribution in [0.4, 0.5) is 0 Å². The summed E-state index contributed by atoms with van der Waals surface area (Å²) in [6.07, 6.45) is 6.57. The van der Waals surface area contributed by atoms with E-state index < -0.39 is 0 Å². The first-order chi connectivity index (χ1) is 4.88. The summed E-state index contributed by atoms with van der Waals surface area (Å²) in [6.45, 7) is 2.19. The van der Waals surface area contributed by atoms with Gasteiger partial charge >= 0.3 is 0 Å². The van der Waals surface area contributed by atoms with Crippen molar-refractivity contribution in [1.82, 2.24) is 5.32 Å². The smallest absolute Gasteiger partial charge is 0.0223 e. The highest BCUT2D eigenvalue weighted by atomic mass is 15.2. The Balaban J connectivity index is 1.97. The highest BCUT2D eigenvalue weighted by Gasteiger charge is 2.67. The number of hydrogen-bond acceptors (Lipinski definition) is 1. The van der Waals surface area contributed by atoms with Gasteiger partial charge in [0.1, 0.15) is 0 Å². The monoisotopic (exact) mass is 135 g/mol. The zero-order valence-corrected chi connectivity index (χ0v) is 6.35. The van der Waals surface area contributed by atoms with Gasteiger partial charge in [-0.3, -0.25) is 0 Å². The zero-order chi connectivity index (χ0) is 6.77. The van der Waals surface area contributed by atoms with E-state index in [1.54, 1.807) is 5.57 Å². The maximum Gasteiger partial charge on any atom is 0.0223 e. The van der Waals surface area contributed by atoms with Crippen LogP contribution in [0.15, 0.2) is 11.6 Å². The van der Waals surface area contributed by atoms with Gasteiger partial charge in [-0.05, 0) is 26.2 Å². The molecule has 1 heterocycles. The zero-order valence-electron chi connectivity index (χ0n) is 6.35. The van der Waals surface area contributed by atoms with Crippen molar-refractivity contribution >= 4 is 0 Å². The van der Waals surface area contributed by atoms with Crippen LogP contribution in [0, 0.1) is 5.41 Å². The molecule has 3 unspecified atom stereocenters. The van der Waals surface area contributed by atoms with Gasteiger partial charge in [-0.1, -0.05) is 11.6 Å². The van der Waals surface area contributed by atoms with Gasteiger partial charge in [0, 0.05) is 17.5 Å². The van der Waals surface area contributed by atoms with E-state index in [2.05, 4.69) is 18.3 Å². The van der Waals surface area contributed by atoms with Crippen molar-refractivity contribution < 1.29 is 0 Å². The van der Waals surface area contributed by atoms with Gasteiger partial charge in [0.05, 0.1) is 0 Å². The molecule has 0 aromatic carbocycles. The second-order valence-corrected chi connectivity index (χ2v) is 3.87. The Morgan fingerprint density at radius 1 is 1.60 bits per heavy atom. The van der Waals surface area contributed by atoms with Crippen LogP contribution in [0.3, 0.4) is 0 Å². The lowest BCUT2D eigenvalue weighted by atomic mass is 9.41. The second-order valence-electron chi connectivity index (χ2n) is 3.87. The van der Waals surface area contributed by atoms with Crippen LogP contribution in [-0.4, -0.2) is 12.1 Å². The molecule has 1 nitrogen and oxygen atoms in total. The Morgan fingerprint density at radius 3 is 2.80 bits per heavy atom. The first-order valence-corrected chi connectivity index (χ1v) is 4.29. The van der Waals surface area contributed by atoms with Gasteiger partial charge in [-0.15, -0.1) is 0 Å². The van der Waals surface area contributed by atoms with Gasteiger partial charge in [0.15, 0.2) is 0 Å². The number of piperidine rings is 2. The van der Waals surface area contributed by atoms with Crippen LogP contribution in [0.25, 0.3) is 0 Å². The van der Waals surface area contributed by atoms with Gasteiger partial charge in [-0.2, -0.15) is 0 Å². The number of allylic oxidation sites excluding steroid dienone is 1. The third kappa shape index (κ3) is 0.304. The van der Waals surface area contributed by atoms with E-state index in [1.807, 2.05) is 0 Å². The molecule has 0 aromatic rings. The van der Waals surface area contributed by atoms with Gasteiger partial charge < -0.3 is 5.32 Å². The van der Waals surface area contributed by atoms with Crippen molar-refractivity contribution in [3.05, 3.63) is 11.6 Å².